The van der Waals surface area contributed by atoms with Crippen LogP contribution in [0.15, 0.2) is 29.2 Å². The standard InChI is InChI=1S/C30H40N4O10S/c1-6-42-30(37)33-13-11-32(12-14-33)27(35)10-8-23(29(36)31-38)34(17-22-7-9-24-26(16-22)44-18-43-24)45(39,40)28-19(2)15-25(41-5)20(3)21(28)4/h7,9,15-16,23,38H,6,8,10-14,17-18H2,1-5H3,(H,31,36)/t23-/m1/s1. The molecule has 2 aliphatic rings. The number of fused-ring (bicyclic) bond motifs is 1. The maximum absolute atomic E-state index is 14.5. The van der Waals surface area contributed by atoms with Crippen molar-refractivity contribution in [2.75, 3.05) is 46.7 Å². The molecule has 15 heteroatoms. The van der Waals surface area contributed by atoms with Crippen LogP contribution >= 0.6 is 0 Å². The first-order valence-corrected chi connectivity index (χ1v) is 16.0. The van der Waals surface area contributed by atoms with Crippen molar-refractivity contribution in [1.29, 1.82) is 0 Å². The Hall–Kier alpha value is -4.08. The molecule has 1 saturated heterocycles. The van der Waals surface area contributed by atoms with Crippen molar-refractivity contribution in [1.82, 2.24) is 19.6 Å². The Morgan fingerprint density at radius 2 is 1.69 bits per heavy atom. The molecule has 0 aromatic heterocycles. The van der Waals surface area contributed by atoms with Crippen LogP contribution in [0.5, 0.6) is 17.2 Å². The lowest BCUT2D eigenvalue weighted by Crippen LogP contribution is -2.52. The van der Waals surface area contributed by atoms with E-state index in [1.54, 1.807) is 62.3 Å². The van der Waals surface area contributed by atoms with Crippen LogP contribution in [0.4, 0.5) is 4.79 Å². The molecule has 246 valence electrons. The maximum Gasteiger partial charge on any atom is 0.409 e. The first-order chi connectivity index (χ1) is 21.4. The van der Waals surface area contributed by atoms with Gasteiger partial charge in [0.25, 0.3) is 5.91 Å². The molecule has 0 radical (unpaired) electrons. The van der Waals surface area contributed by atoms with Crippen molar-refractivity contribution in [3.05, 3.63) is 46.5 Å². The highest BCUT2D eigenvalue weighted by atomic mass is 32.2. The molecule has 0 bridgehead atoms. The van der Waals surface area contributed by atoms with Crippen molar-refractivity contribution in [3.63, 3.8) is 0 Å². The molecule has 1 fully saturated rings. The average Bonchev–Trinajstić information content (AvgIpc) is 3.50. The van der Waals surface area contributed by atoms with Crippen LogP contribution in [0.3, 0.4) is 0 Å². The molecule has 45 heavy (non-hydrogen) atoms. The van der Waals surface area contributed by atoms with Crippen molar-refractivity contribution >= 4 is 27.9 Å². The highest BCUT2D eigenvalue weighted by Crippen LogP contribution is 2.36. The number of methoxy groups -OCH3 is 1. The highest BCUT2D eigenvalue weighted by Gasteiger charge is 2.39. The summed E-state index contributed by atoms with van der Waals surface area (Å²) in [6.07, 6.45) is -0.863. The SMILES string of the molecule is CCOC(=O)N1CCN(C(=O)CC[C@H](C(=O)NO)N(Cc2ccc3c(c2)OCO3)S(=O)(=O)c2c(C)cc(OC)c(C)c2C)CC1. The van der Waals surface area contributed by atoms with Crippen LogP contribution in [0.25, 0.3) is 0 Å². The minimum Gasteiger partial charge on any atom is -0.496 e. The molecule has 0 spiro atoms. The van der Waals surface area contributed by atoms with Gasteiger partial charge in [-0.15, -0.1) is 0 Å². The van der Waals surface area contributed by atoms with Crippen LogP contribution < -0.4 is 19.7 Å². The number of amides is 3. The Bertz CT molecular complexity index is 1540. The maximum atomic E-state index is 14.5. The zero-order valence-electron chi connectivity index (χ0n) is 26.1. The predicted octanol–water partition coefficient (Wildman–Crippen LogP) is 2.49. The first-order valence-electron chi connectivity index (χ1n) is 14.6. The molecule has 0 unspecified atom stereocenters. The van der Waals surface area contributed by atoms with E-state index in [4.69, 9.17) is 18.9 Å². The summed E-state index contributed by atoms with van der Waals surface area (Å²) in [5.74, 6) is 0.147. The van der Waals surface area contributed by atoms with Gasteiger partial charge < -0.3 is 28.7 Å². The zero-order chi connectivity index (χ0) is 32.9. The van der Waals surface area contributed by atoms with Crippen LogP contribution in [0.1, 0.15) is 42.0 Å². The van der Waals surface area contributed by atoms with E-state index in [9.17, 15) is 28.0 Å². The van der Waals surface area contributed by atoms with Crippen LogP contribution in [-0.2, 0) is 30.9 Å². The number of piperazine rings is 1. The number of sulfonamides is 1. The number of hydrogen-bond donors (Lipinski definition) is 2. The van der Waals surface area contributed by atoms with E-state index in [0.29, 0.717) is 39.5 Å². The van der Waals surface area contributed by atoms with Gasteiger partial charge in [0.2, 0.25) is 22.7 Å². The summed E-state index contributed by atoms with van der Waals surface area (Å²) in [6.45, 7) is 7.84. The lowest BCUT2D eigenvalue weighted by atomic mass is 10.1. The second-order valence-electron chi connectivity index (χ2n) is 10.8. The van der Waals surface area contributed by atoms with Gasteiger partial charge in [-0.3, -0.25) is 14.8 Å². The first kappa shape index (κ1) is 33.8. The number of carbonyl (C=O) groups excluding carboxylic acids is 3. The lowest BCUT2D eigenvalue weighted by molar-refractivity contribution is -0.135. The fourth-order valence-corrected chi connectivity index (χ4v) is 7.68. The third-order valence-corrected chi connectivity index (χ3v) is 10.2. The number of carbonyl (C=O) groups is 3. The number of ether oxygens (including phenoxy) is 4. The topological polar surface area (TPSA) is 164 Å². The second-order valence-corrected chi connectivity index (χ2v) is 12.6. The molecule has 14 nitrogen and oxygen atoms in total. The quantitative estimate of drug-likeness (QED) is 0.273. The van der Waals surface area contributed by atoms with Crippen LogP contribution in [0.2, 0.25) is 0 Å². The van der Waals surface area contributed by atoms with Crippen LogP contribution in [0, 0.1) is 20.8 Å². The molecule has 2 heterocycles. The molecule has 3 amide bonds. The zero-order valence-corrected chi connectivity index (χ0v) is 26.9. The highest BCUT2D eigenvalue weighted by molar-refractivity contribution is 7.89. The van der Waals surface area contributed by atoms with Gasteiger partial charge >= 0.3 is 6.09 Å². The number of benzene rings is 2. The van der Waals surface area contributed by atoms with E-state index in [1.807, 2.05) is 0 Å². The summed E-state index contributed by atoms with van der Waals surface area (Å²) in [5, 5.41) is 9.72. The molecule has 2 aliphatic heterocycles. The molecular formula is C30H40N4O10S. The normalized spacial score (nSPS) is 15.2. The predicted molar refractivity (Wildman–Crippen MR) is 161 cm³/mol. The molecule has 0 aliphatic carbocycles. The summed E-state index contributed by atoms with van der Waals surface area (Å²) >= 11 is 0. The van der Waals surface area contributed by atoms with E-state index >= 15 is 0 Å². The number of nitrogens with one attached hydrogen (secondary N) is 1. The molecular weight excluding hydrogens is 608 g/mol. The van der Waals surface area contributed by atoms with Crippen molar-refractivity contribution < 1.29 is 47.0 Å². The van der Waals surface area contributed by atoms with Gasteiger partial charge in [-0.25, -0.2) is 18.7 Å². The largest absolute Gasteiger partial charge is 0.496 e. The minimum atomic E-state index is -4.42. The van der Waals surface area contributed by atoms with E-state index < -0.39 is 28.1 Å². The Morgan fingerprint density at radius 1 is 1.02 bits per heavy atom. The molecule has 1 atom stereocenters. The number of hydroxylamine groups is 1. The van der Waals surface area contributed by atoms with Gasteiger partial charge in [0.1, 0.15) is 11.8 Å². The van der Waals surface area contributed by atoms with E-state index in [0.717, 1.165) is 4.31 Å². The third kappa shape index (κ3) is 7.26. The Morgan fingerprint density at radius 3 is 2.33 bits per heavy atom. The van der Waals surface area contributed by atoms with Gasteiger partial charge in [-0.05, 0) is 74.6 Å². The Kier molecular flexibility index (Phi) is 10.8. The summed E-state index contributed by atoms with van der Waals surface area (Å²) in [7, 11) is -2.92. The Labute approximate surface area is 262 Å². The number of aryl methyl sites for hydroxylation is 1. The van der Waals surface area contributed by atoms with Gasteiger partial charge in [-0.1, -0.05) is 6.07 Å². The molecule has 2 aromatic carbocycles. The van der Waals surface area contributed by atoms with Gasteiger partial charge in [0.05, 0.1) is 18.6 Å². The van der Waals surface area contributed by atoms with E-state index in [-0.39, 0.29) is 69.8 Å². The van der Waals surface area contributed by atoms with E-state index in [1.165, 1.54) is 12.0 Å². The lowest BCUT2D eigenvalue weighted by Gasteiger charge is -2.35. The summed E-state index contributed by atoms with van der Waals surface area (Å²) < 4.78 is 51.4. The smallest absolute Gasteiger partial charge is 0.409 e. The van der Waals surface area contributed by atoms with Gasteiger partial charge in [-0.2, -0.15) is 4.31 Å². The minimum absolute atomic E-state index is 0.00121. The fourth-order valence-electron chi connectivity index (χ4n) is 5.58. The van der Waals surface area contributed by atoms with Crippen LogP contribution in [-0.4, -0.2) is 98.4 Å². The van der Waals surface area contributed by atoms with Crippen molar-refractivity contribution in [3.8, 4) is 17.2 Å². The summed E-state index contributed by atoms with van der Waals surface area (Å²) in [5.41, 5.74) is 3.56. The summed E-state index contributed by atoms with van der Waals surface area (Å²) in [4.78, 5) is 41.6. The number of hydrogen-bond acceptors (Lipinski definition) is 10. The fraction of sp³-hybridized carbons (Fsp3) is 0.500. The third-order valence-electron chi connectivity index (χ3n) is 8.09. The second kappa shape index (κ2) is 14.3. The summed E-state index contributed by atoms with van der Waals surface area (Å²) in [6, 6.07) is 5.10. The molecule has 2 N–H and O–H groups in total. The van der Waals surface area contributed by atoms with Crippen molar-refractivity contribution in [2.45, 2.75) is 58.0 Å². The van der Waals surface area contributed by atoms with Crippen molar-refractivity contribution in [2.24, 2.45) is 0 Å². The Balaban J connectivity index is 1.66. The average molecular weight is 649 g/mol. The van der Waals surface area contributed by atoms with E-state index in [2.05, 4.69) is 0 Å². The molecule has 0 saturated carbocycles. The molecule has 4 rings (SSSR count). The van der Waals surface area contributed by atoms with Gasteiger partial charge in [0, 0.05) is 39.1 Å². The monoisotopic (exact) mass is 648 g/mol. The number of rotatable bonds is 11. The van der Waals surface area contributed by atoms with Gasteiger partial charge in [0.15, 0.2) is 11.5 Å². The number of nitrogens with zero attached hydrogens (tertiary/aromatic N) is 3. The molecule has 2 aromatic rings.